The molecule has 1 aliphatic heterocycles. The summed E-state index contributed by atoms with van der Waals surface area (Å²) in [4.78, 5) is 31.3. The van der Waals surface area contributed by atoms with Gasteiger partial charge in [-0.25, -0.2) is 4.98 Å². The lowest BCUT2D eigenvalue weighted by Crippen LogP contribution is -2.33. The lowest BCUT2D eigenvalue weighted by molar-refractivity contribution is -0.129. The summed E-state index contributed by atoms with van der Waals surface area (Å²) in [6.07, 6.45) is 3.83. The monoisotopic (exact) mass is 413 g/mol. The lowest BCUT2D eigenvalue weighted by Gasteiger charge is -2.32. The second-order valence-electron chi connectivity index (χ2n) is 7.29. The van der Waals surface area contributed by atoms with Crippen molar-refractivity contribution in [1.82, 2.24) is 9.88 Å². The topological polar surface area (TPSA) is 62.3 Å². The Morgan fingerprint density at radius 2 is 1.87 bits per heavy atom. The maximum Gasteiger partial charge on any atom is 0.228 e. The molecule has 148 valence electrons. The summed E-state index contributed by atoms with van der Waals surface area (Å²) in [5, 5.41) is 5.70. The molecule has 30 heavy (non-hydrogen) atoms. The van der Waals surface area contributed by atoms with Crippen LogP contribution in [0.15, 0.2) is 66.9 Å². The molecule has 0 spiro atoms. The highest BCUT2D eigenvalue weighted by atomic mass is 32.1. The number of hydrogen-bond acceptors (Lipinski definition) is 4. The average Bonchev–Trinajstić information content (AvgIpc) is 3.16. The number of thiazole rings is 1. The fourth-order valence-electron chi connectivity index (χ4n) is 3.97. The van der Waals surface area contributed by atoms with E-state index in [1.807, 2.05) is 54.6 Å². The van der Waals surface area contributed by atoms with E-state index in [0.717, 1.165) is 32.1 Å². The van der Waals surface area contributed by atoms with Crippen molar-refractivity contribution < 1.29 is 9.59 Å². The Labute approximate surface area is 177 Å². The van der Waals surface area contributed by atoms with Crippen LogP contribution in [0.2, 0.25) is 0 Å². The van der Waals surface area contributed by atoms with Gasteiger partial charge in [-0.15, -0.1) is 0 Å². The number of aromatic nitrogens is 1. The number of anilines is 1. The first kappa shape index (κ1) is 18.5. The predicted octanol–water partition coefficient (Wildman–Crippen LogP) is 5.35. The number of benzene rings is 3. The zero-order chi connectivity index (χ0) is 20.7. The highest BCUT2D eigenvalue weighted by Gasteiger charge is 2.28. The summed E-state index contributed by atoms with van der Waals surface area (Å²) in [7, 11) is 0. The van der Waals surface area contributed by atoms with Crippen molar-refractivity contribution in [3.63, 3.8) is 0 Å². The van der Waals surface area contributed by atoms with Crippen LogP contribution in [0.25, 0.3) is 27.1 Å². The van der Waals surface area contributed by atoms with Crippen LogP contribution in [0, 0.1) is 0 Å². The van der Waals surface area contributed by atoms with Crippen LogP contribution in [0.1, 0.15) is 30.5 Å². The van der Waals surface area contributed by atoms with E-state index < -0.39 is 0 Å². The molecule has 2 amide bonds. The summed E-state index contributed by atoms with van der Waals surface area (Å²) < 4.78 is 1.03. The van der Waals surface area contributed by atoms with Crippen LogP contribution in [0.3, 0.4) is 0 Å². The normalized spacial score (nSPS) is 15.4. The maximum atomic E-state index is 12.9. The molecule has 0 aliphatic carbocycles. The first-order valence-electron chi connectivity index (χ1n) is 9.74. The van der Waals surface area contributed by atoms with Gasteiger partial charge in [-0.05, 0) is 28.7 Å². The minimum absolute atomic E-state index is 0.0926. The summed E-state index contributed by atoms with van der Waals surface area (Å²) in [5.41, 5.74) is 2.89. The fraction of sp³-hybridized carbons (Fsp3) is 0.125. The van der Waals surface area contributed by atoms with Crippen LogP contribution in [0.4, 0.5) is 5.13 Å². The van der Waals surface area contributed by atoms with Crippen molar-refractivity contribution in [3.05, 3.63) is 78.0 Å². The van der Waals surface area contributed by atoms with Gasteiger partial charge in [-0.1, -0.05) is 65.9 Å². The van der Waals surface area contributed by atoms with Crippen molar-refractivity contribution in [2.75, 3.05) is 5.32 Å². The molecule has 1 atom stereocenters. The Kier molecular flexibility index (Phi) is 4.56. The lowest BCUT2D eigenvalue weighted by atomic mass is 9.93. The highest BCUT2D eigenvalue weighted by Crippen LogP contribution is 2.34. The molecule has 0 fully saturated rings. The highest BCUT2D eigenvalue weighted by molar-refractivity contribution is 7.22. The van der Waals surface area contributed by atoms with Crippen LogP contribution in [0.5, 0.6) is 0 Å². The van der Waals surface area contributed by atoms with Crippen molar-refractivity contribution >= 4 is 55.3 Å². The van der Waals surface area contributed by atoms with E-state index in [-0.39, 0.29) is 24.3 Å². The standard InChI is InChI=1S/C24H19N3O2S/c1-15(28)27-13-12-17-7-2-4-8-18(17)20(27)14-22(29)25-24-26-23-19-9-5-3-6-16(19)10-11-21(23)30-24/h2-13,20H,14H2,1H3,(H,25,26,29). The van der Waals surface area contributed by atoms with Gasteiger partial charge in [0.1, 0.15) is 0 Å². The van der Waals surface area contributed by atoms with Crippen molar-refractivity contribution in [2.24, 2.45) is 0 Å². The van der Waals surface area contributed by atoms with E-state index >= 15 is 0 Å². The predicted molar refractivity (Wildman–Crippen MR) is 121 cm³/mol. The second-order valence-corrected chi connectivity index (χ2v) is 8.32. The van der Waals surface area contributed by atoms with Gasteiger partial charge in [0.2, 0.25) is 11.8 Å². The SMILES string of the molecule is CC(=O)N1C=Cc2ccccc2C1CC(=O)Nc1nc2c(ccc3ccccc32)s1. The molecule has 5 rings (SSSR count). The van der Waals surface area contributed by atoms with E-state index in [0.29, 0.717) is 5.13 Å². The van der Waals surface area contributed by atoms with E-state index in [9.17, 15) is 9.59 Å². The summed E-state index contributed by atoms with van der Waals surface area (Å²) in [6, 6.07) is 19.7. The van der Waals surface area contributed by atoms with Gasteiger partial charge in [0.15, 0.2) is 5.13 Å². The van der Waals surface area contributed by atoms with Gasteiger partial charge >= 0.3 is 0 Å². The first-order chi connectivity index (χ1) is 14.6. The molecule has 0 radical (unpaired) electrons. The molecule has 1 N–H and O–H groups in total. The van der Waals surface area contributed by atoms with E-state index in [1.165, 1.54) is 18.3 Å². The minimum Gasteiger partial charge on any atom is -0.311 e. The molecule has 6 heteroatoms. The Hall–Kier alpha value is -3.51. The fourth-order valence-corrected chi connectivity index (χ4v) is 4.87. The molecule has 3 aromatic carbocycles. The number of amides is 2. The van der Waals surface area contributed by atoms with Crippen molar-refractivity contribution in [1.29, 1.82) is 0 Å². The average molecular weight is 414 g/mol. The van der Waals surface area contributed by atoms with Crippen LogP contribution in [-0.4, -0.2) is 21.7 Å². The summed E-state index contributed by atoms with van der Waals surface area (Å²) in [5.74, 6) is -0.260. The minimum atomic E-state index is -0.334. The Bertz CT molecular complexity index is 1320. The number of nitrogens with one attached hydrogen (secondary N) is 1. The quantitative estimate of drug-likeness (QED) is 0.492. The molecular formula is C24H19N3O2S. The zero-order valence-electron chi connectivity index (χ0n) is 16.3. The Balaban J connectivity index is 1.42. The van der Waals surface area contributed by atoms with Gasteiger partial charge in [0, 0.05) is 18.5 Å². The molecule has 5 nitrogen and oxygen atoms in total. The van der Waals surface area contributed by atoms with Crippen LogP contribution in [-0.2, 0) is 9.59 Å². The summed E-state index contributed by atoms with van der Waals surface area (Å²) >= 11 is 1.46. The molecule has 0 saturated heterocycles. The van der Waals surface area contributed by atoms with Gasteiger partial charge in [-0.3, -0.25) is 9.59 Å². The van der Waals surface area contributed by atoms with E-state index in [1.54, 1.807) is 11.1 Å². The number of hydrogen-bond donors (Lipinski definition) is 1. The Morgan fingerprint density at radius 1 is 1.07 bits per heavy atom. The molecule has 2 heterocycles. The van der Waals surface area contributed by atoms with Crippen LogP contribution >= 0.6 is 11.3 Å². The summed E-state index contributed by atoms with van der Waals surface area (Å²) in [6.45, 7) is 1.52. The Morgan fingerprint density at radius 3 is 2.73 bits per heavy atom. The number of nitrogens with zero attached hydrogens (tertiary/aromatic N) is 2. The zero-order valence-corrected chi connectivity index (χ0v) is 17.1. The molecule has 4 aromatic rings. The number of carbonyl (C=O) groups is 2. The maximum absolute atomic E-state index is 12.9. The molecule has 1 unspecified atom stereocenters. The van der Waals surface area contributed by atoms with Crippen LogP contribution < -0.4 is 5.32 Å². The second kappa shape index (κ2) is 7.39. The van der Waals surface area contributed by atoms with Gasteiger partial charge in [-0.2, -0.15) is 0 Å². The van der Waals surface area contributed by atoms with Gasteiger partial charge < -0.3 is 10.2 Å². The largest absolute Gasteiger partial charge is 0.311 e. The van der Waals surface area contributed by atoms with E-state index in [4.69, 9.17) is 0 Å². The number of fused-ring (bicyclic) bond motifs is 4. The molecule has 0 saturated carbocycles. The third-order valence-corrected chi connectivity index (χ3v) is 6.31. The molecule has 1 aromatic heterocycles. The third kappa shape index (κ3) is 3.25. The van der Waals surface area contributed by atoms with Crippen molar-refractivity contribution in [3.8, 4) is 0 Å². The molecule has 0 bridgehead atoms. The van der Waals surface area contributed by atoms with Gasteiger partial charge in [0.05, 0.1) is 22.7 Å². The number of carbonyl (C=O) groups excluding carboxylic acids is 2. The molecule has 1 aliphatic rings. The first-order valence-corrected chi connectivity index (χ1v) is 10.6. The van der Waals surface area contributed by atoms with Crippen molar-refractivity contribution in [2.45, 2.75) is 19.4 Å². The molecular weight excluding hydrogens is 394 g/mol. The smallest absolute Gasteiger partial charge is 0.228 e. The third-order valence-electron chi connectivity index (χ3n) is 5.38. The van der Waals surface area contributed by atoms with Gasteiger partial charge in [0.25, 0.3) is 0 Å². The van der Waals surface area contributed by atoms with E-state index in [2.05, 4.69) is 22.4 Å². The number of rotatable bonds is 3.